The van der Waals surface area contributed by atoms with Crippen molar-refractivity contribution >= 4 is 23.2 Å². The molecule has 0 fully saturated rings. The van der Waals surface area contributed by atoms with Crippen LogP contribution in [0.3, 0.4) is 0 Å². The zero-order valence-electron chi connectivity index (χ0n) is 9.65. The number of anilines is 3. The fourth-order valence-corrected chi connectivity index (χ4v) is 1.40. The minimum Gasteiger partial charge on any atom is -0.384 e. The van der Waals surface area contributed by atoms with Crippen LogP contribution in [0.5, 0.6) is 0 Å². The second-order valence-electron chi connectivity index (χ2n) is 3.71. The number of nitrogens with two attached hydrogens (primary N) is 1. The van der Waals surface area contributed by atoms with Crippen LogP contribution in [0.2, 0.25) is 0 Å². The highest BCUT2D eigenvalue weighted by Crippen LogP contribution is 2.13. The van der Waals surface area contributed by atoms with Crippen LogP contribution in [0.4, 0.5) is 30.8 Å². The predicted octanol–water partition coefficient (Wildman–Crippen LogP) is 2.59. The first-order chi connectivity index (χ1) is 9.02. The van der Waals surface area contributed by atoms with E-state index < -0.39 is 17.7 Å². The SMILES string of the molecule is Nc1ccc(NC(=O)Nc2cc(F)cc(F)c2)cn1. The molecule has 2 rings (SSSR count). The molecule has 4 N–H and O–H groups in total. The average molecular weight is 264 g/mol. The van der Waals surface area contributed by atoms with Crippen molar-refractivity contribution in [3.63, 3.8) is 0 Å². The number of carbonyl (C=O) groups is 1. The molecule has 2 aromatic rings. The van der Waals surface area contributed by atoms with E-state index in [4.69, 9.17) is 5.73 Å². The zero-order valence-corrected chi connectivity index (χ0v) is 9.65. The normalized spacial score (nSPS) is 10.0. The van der Waals surface area contributed by atoms with Gasteiger partial charge in [0, 0.05) is 11.8 Å². The lowest BCUT2D eigenvalue weighted by molar-refractivity contribution is 0.262. The highest BCUT2D eigenvalue weighted by molar-refractivity contribution is 5.99. The molecule has 0 radical (unpaired) electrons. The molecule has 5 nitrogen and oxygen atoms in total. The highest BCUT2D eigenvalue weighted by atomic mass is 19.1. The Morgan fingerprint density at radius 2 is 1.68 bits per heavy atom. The van der Waals surface area contributed by atoms with Crippen molar-refractivity contribution < 1.29 is 13.6 Å². The minimum absolute atomic E-state index is 0.0124. The van der Waals surface area contributed by atoms with Crippen LogP contribution in [-0.2, 0) is 0 Å². The molecule has 1 aromatic carbocycles. The fourth-order valence-electron chi connectivity index (χ4n) is 1.40. The van der Waals surface area contributed by atoms with E-state index >= 15 is 0 Å². The van der Waals surface area contributed by atoms with E-state index in [0.717, 1.165) is 12.1 Å². The maximum absolute atomic E-state index is 12.9. The Kier molecular flexibility index (Phi) is 3.56. The summed E-state index contributed by atoms with van der Waals surface area (Å²) in [5, 5.41) is 4.74. The number of rotatable bonds is 2. The second-order valence-corrected chi connectivity index (χ2v) is 3.71. The first-order valence-corrected chi connectivity index (χ1v) is 5.28. The molecule has 0 aliphatic carbocycles. The average Bonchev–Trinajstić information content (AvgIpc) is 2.30. The number of pyridine rings is 1. The number of amides is 2. The molecule has 0 aliphatic heterocycles. The van der Waals surface area contributed by atoms with Gasteiger partial charge in [0.25, 0.3) is 0 Å². The lowest BCUT2D eigenvalue weighted by atomic mass is 10.3. The van der Waals surface area contributed by atoms with E-state index in [9.17, 15) is 13.6 Å². The van der Waals surface area contributed by atoms with Crippen LogP contribution in [0.15, 0.2) is 36.5 Å². The smallest absolute Gasteiger partial charge is 0.323 e. The van der Waals surface area contributed by atoms with Crippen molar-refractivity contribution in [2.24, 2.45) is 0 Å². The zero-order chi connectivity index (χ0) is 13.8. The second kappa shape index (κ2) is 5.30. The number of benzene rings is 1. The summed E-state index contributed by atoms with van der Waals surface area (Å²) >= 11 is 0. The third-order valence-corrected chi connectivity index (χ3v) is 2.16. The van der Waals surface area contributed by atoms with Crippen molar-refractivity contribution in [3.8, 4) is 0 Å². The molecular weight excluding hydrogens is 254 g/mol. The van der Waals surface area contributed by atoms with Crippen LogP contribution in [0.1, 0.15) is 0 Å². The van der Waals surface area contributed by atoms with Gasteiger partial charge in [0.15, 0.2) is 0 Å². The van der Waals surface area contributed by atoms with Gasteiger partial charge in [-0.1, -0.05) is 0 Å². The van der Waals surface area contributed by atoms with Gasteiger partial charge >= 0.3 is 6.03 Å². The number of halogens is 2. The first-order valence-electron chi connectivity index (χ1n) is 5.28. The van der Waals surface area contributed by atoms with E-state index in [1.807, 2.05) is 0 Å². The summed E-state index contributed by atoms with van der Waals surface area (Å²) in [5.41, 5.74) is 5.81. The third kappa shape index (κ3) is 3.63. The molecule has 0 aliphatic rings. The third-order valence-electron chi connectivity index (χ3n) is 2.16. The molecule has 1 aromatic heterocycles. The number of hydrogen-bond acceptors (Lipinski definition) is 3. The Morgan fingerprint density at radius 1 is 1.05 bits per heavy atom. The molecule has 0 unspecified atom stereocenters. The van der Waals surface area contributed by atoms with Gasteiger partial charge in [-0.25, -0.2) is 18.6 Å². The molecule has 0 saturated heterocycles. The molecule has 19 heavy (non-hydrogen) atoms. The number of nitrogens with one attached hydrogen (secondary N) is 2. The van der Waals surface area contributed by atoms with E-state index in [2.05, 4.69) is 15.6 Å². The van der Waals surface area contributed by atoms with Gasteiger partial charge in [-0.05, 0) is 24.3 Å². The van der Waals surface area contributed by atoms with Gasteiger partial charge in [0.2, 0.25) is 0 Å². The molecule has 0 saturated carbocycles. The van der Waals surface area contributed by atoms with Gasteiger partial charge in [-0.15, -0.1) is 0 Å². The molecular formula is C12H10F2N4O. The molecule has 0 spiro atoms. The van der Waals surface area contributed by atoms with E-state index in [1.165, 1.54) is 12.3 Å². The standard InChI is InChI=1S/C12H10F2N4O/c13-7-3-8(14)5-10(4-7)18-12(19)17-9-1-2-11(15)16-6-9/h1-6H,(H2,15,16)(H2,17,18,19). The lowest BCUT2D eigenvalue weighted by Gasteiger charge is -2.07. The van der Waals surface area contributed by atoms with Crippen molar-refractivity contribution in [2.75, 3.05) is 16.4 Å². The van der Waals surface area contributed by atoms with Gasteiger partial charge in [0.05, 0.1) is 11.9 Å². The van der Waals surface area contributed by atoms with Crippen LogP contribution in [-0.4, -0.2) is 11.0 Å². The first kappa shape index (κ1) is 12.7. The van der Waals surface area contributed by atoms with E-state index in [1.54, 1.807) is 6.07 Å². The molecule has 2 amide bonds. The van der Waals surface area contributed by atoms with Crippen LogP contribution >= 0.6 is 0 Å². The van der Waals surface area contributed by atoms with Crippen LogP contribution in [0, 0.1) is 11.6 Å². The maximum Gasteiger partial charge on any atom is 0.323 e. The summed E-state index contributed by atoms with van der Waals surface area (Å²) in [6.07, 6.45) is 1.36. The number of carbonyl (C=O) groups excluding carboxylic acids is 1. The van der Waals surface area contributed by atoms with Gasteiger partial charge < -0.3 is 16.4 Å². The topological polar surface area (TPSA) is 80.0 Å². The number of urea groups is 1. The van der Waals surface area contributed by atoms with E-state index in [-0.39, 0.29) is 5.69 Å². The molecule has 0 atom stereocenters. The maximum atomic E-state index is 12.9. The van der Waals surface area contributed by atoms with Crippen molar-refractivity contribution in [1.29, 1.82) is 0 Å². The Hall–Kier alpha value is -2.70. The summed E-state index contributed by atoms with van der Waals surface area (Å²) in [5.74, 6) is -1.23. The van der Waals surface area contributed by atoms with E-state index in [0.29, 0.717) is 17.6 Å². The number of hydrogen-bond donors (Lipinski definition) is 3. The number of aromatic nitrogens is 1. The van der Waals surface area contributed by atoms with Crippen molar-refractivity contribution in [1.82, 2.24) is 4.98 Å². The Labute approximate surface area is 107 Å². The summed E-state index contributed by atoms with van der Waals surface area (Å²) < 4.78 is 25.8. The summed E-state index contributed by atoms with van der Waals surface area (Å²) in [7, 11) is 0. The van der Waals surface area contributed by atoms with Gasteiger partial charge in [-0.2, -0.15) is 0 Å². The quantitative estimate of drug-likeness (QED) is 0.779. The number of nitrogens with zero attached hydrogens (tertiary/aromatic N) is 1. The largest absolute Gasteiger partial charge is 0.384 e. The van der Waals surface area contributed by atoms with Crippen molar-refractivity contribution in [3.05, 3.63) is 48.2 Å². The predicted molar refractivity (Wildman–Crippen MR) is 67.6 cm³/mol. The number of nitrogen functional groups attached to an aromatic ring is 1. The molecule has 7 heteroatoms. The summed E-state index contributed by atoms with van der Waals surface area (Å²) in [6, 6.07) is 5.14. The van der Waals surface area contributed by atoms with Gasteiger partial charge in [0.1, 0.15) is 17.5 Å². The minimum atomic E-state index is -0.774. The fraction of sp³-hybridized carbons (Fsp3) is 0. The summed E-state index contributed by atoms with van der Waals surface area (Å²) in [6.45, 7) is 0. The van der Waals surface area contributed by atoms with Crippen LogP contribution in [0.25, 0.3) is 0 Å². The van der Waals surface area contributed by atoms with Crippen molar-refractivity contribution in [2.45, 2.75) is 0 Å². The Balaban J connectivity index is 2.03. The summed E-state index contributed by atoms with van der Waals surface area (Å²) in [4.78, 5) is 15.3. The van der Waals surface area contributed by atoms with Gasteiger partial charge in [-0.3, -0.25) is 0 Å². The molecule has 98 valence electrons. The lowest BCUT2D eigenvalue weighted by Crippen LogP contribution is -2.19. The highest BCUT2D eigenvalue weighted by Gasteiger charge is 2.05. The Morgan fingerprint density at radius 3 is 2.26 bits per heavy atom. The van der Waals surface area contributed by atoms with Crippen LogP contribution < -0.4 is 16.4 Å². The monoisotopic (exact) mass is 264 g/mol. The molecule has 1 heterocycles. The Bertz CT molecular complexity index is 581. The molecule has 0 bridgehead atoms.